The molecule has 3 nitrogen and oxygen atoms in total. The Kier molecular flexibility index (Phi) is 3.57. The second kappa shape index (κ2) is 4.96. The number of carbonyl (C=O) groups excluding carboxylic acids is 1. The average Bonchev–Trinajstić information content (AvgIpc) is 2.32. The Balaban J connectivity index is 2.22. The van der Waals surface area contributed by atoms with E-state index in [-0.39, 0.29) is 5.91 Å². The molecule has 2 rings (SSSR count). The molecule has 0 aliphatic carbocycles. The van der Waals surface area contributed by atoms with Crippen molar-refractivity contribution in [3.05, 3.63) is 28.8 Å². The van der Waals surface area contributed by atoms with Crippen LogP contribution in [0.15, 0.2) is 18.2 Å². The number of nitrogens with two attached hydrogens (primary N) is 1. The van der Waals surface area contributed by atoms with Gasteiger partial charge in [0, 0.05) is 13.1 Å². The van der Waals surface area contributed by atoms with Crippen molar-refractivity contribution in [2.24, 2.45) is 5.92 Å². The number of hydrogen-bond donors (Lipinski definition) is 1. The molecule has 1 saturated heterocycles. The van der Waals surface area contributed by atoms with Crippen molar-refractivity contribution in [2.75, 3.05) is 18.8 Å². The zero-order valence-electron chi connectivity index (χ0n) is 9.95. The SMILES string of the molecule is CC1CCCN(C(=O)c2cccc(Cl)c2N)C1. The average molecular weight is 253 g/mol. The minimum Gasteiger partial charge on any atom is -0.397 e. The summed E-state index contributed by atoms with van der Waals surface area (Å²) in [5, 5.41) is 0.445. The molecule has 1 aliphatic heterocycles. The van der Waals surface area contributed by atoms with Crippen LogP contribution in [0.1, 0.15) is 30.1 Å². The van der Waals surface area contributed by atoms with Crippen LogP contribution in [0.2, 0.25) is 5.02 Å². The van der Waals surface area contributed by atoms with Crippen molar-refractivity contribution in [3.63, 3.8) is 0 Å². The van der Waals surface area contributed by atoms with Crippen molar-refractivity contribution >= 4 is 23.2 Å². The summed E-state index contributed by atoms with van der Waals surface area (Å²) in [6, 6.07) is 5.20. The highest BCUT2D eigenvalue weighted by atomic mass is 35.5. The summed E-state index contributed by atoms with van der Waals surface area (Å²) in [5.41, 5.74) is 6.75. The van der Waals surface area contributed by atoms with Gasteiger partial charge in [0.2, 0.25) is 0 Å². The lowest BCUT2D eigenvalue weighted by Gasteiger charge is -2.31. The molecular weight excluding hydrogens is 236 g/mol. The number of para-hydroxylation sites is 1. The van der Waals surface area contributed by atoms with E-state index in [4.69, 9.17) is 17.3 Å². The van der Waals surface area contributed by atoms with Crippen molar-refractivity contribution in [3.8, 4) is 0 Å². The number of carbonyl (C=O) groups is 1. The molecule has 92 valence electrons. The first-order chi connectivity index (χ1) is 8.09. The number of amides is 1. The van der Waals surface area contributed by atoms with Gasteiger partial charge in [0.05, 0.1) is 16.3 Å². The summed E-state index contributed by atoms with van der Waals surface area (Å²) in [7, 11) is 0. The third-order valence-electron chi connectivity index (χ3n) is 3.23. The minimum absolute atomic E-state index is 0.00319. The highest BCUT2D eigenvalue weighted by Gasteiger charge is 2.23. The molecule has 0 bridgehead atoms. The summed E-state index contributed by atoms with van der Waals surface area (Å²) < 4.78 is 0. The van der Waals surface area contributed by atoms with Gasteiger partial charge in [-0.05, 0) is 30.9 Å². The van der Waals surface area contributed by atoms with Gasteiger partial charge in [-0.3, -0.25) is 4.79 Å². The van der Waals surface area contributed by atoms with Crippen molar-refractivity contribution < 1.29 is 4.79 Å². The summed E-state index contributed by atoms with van der Waals surface area (Å²) in [6.45, 7) is 3.79. The van der Waals surface area contributed by atoms with Crippen LogP contribution in [-0.2, 0) is 0 Å². The Morgan fingerprint density at radius 2 is 2.29 bits per heavy atom. The predicted octanol–water partition coefficient (Wildman–Crippen LogP) is 2.79. The lowest BCUT2D eigenvalue weighted by Crippen LogP contribution is -2.39. The van der Waals surface area contributed by atoms with E-state index in [1.165, 1.54) is 6.42 Å². The summed E-state index contributed by atoms with van der Waals surface area (Å²) in [5.74, 6) is 0.560. The van der Waals surface area contributed by atoms with Crippen molar-refractivity contribution in [1.29, 1.82) is 0 Å². The number of anilines is 1. The highest BCUT2D eigenvalue weighted by Crippen LogP contribution is 2.25. The molecule has 1 aromatic carbocycles. The van der Waals surface area contributed by atoms with Gasteiger partial charge in [-0.1, -0.05) is 24.6 Å². The topological polar surface area (TPSA) is 46.3 Å². The van der Waals surface area contributed by atoms with Gasteiger partial charge >= 0.3 is 0 Å². The van der Waals surface area contributed by atoms with E-state index in [0.29, 0.717) is 22.2 Å². The molecule has 1 aliphatic rings. The molecule has 1 atom stereocenters. The van der Waals surface area contributed by atoms with Gasteiger partial charge in [0.15, 0.2) is 0 Å². The molecule has 2 N–H and O–H groups in total. The quantitative estimate of drug-likeness (QED) is 0.782. The van der Waals surface area contributed by atoms with Gasteiger partial charge in [-0.2, -0.15) is 0 Å². The first kappa shape index (κ1) is 12.2. The maximum Gasteiger partial charge on any atom is 0.256 e. The molecule has 1 heterocycles. The monoisotopic (exact) mass is 252 g/mol. The Hall–Kier alpha value is -1.22. The third-order valence-corrected chi connectivity index (χ3v) is 3.56. The van der Waals surface area contributed by atoms with E-state index >= 15 is 0 Å². The zero-order chi connectivity index (χ0) is 12.4. The molecule has 4 heteroatoms. The normalized spacial score (nSPS) is 20.4. The van der Waals surface area contributed by atoms with Crippen LogP contribution in [0, 0.1) is 5.92 Å². The number of nitrogens with zero attached hydrogens (tertiary/aromatic N) is 1. The molecule has 0 radical (unpaired) electrons. The molecule has 1 aromatic rings. The van der Waals surface area contributed by atoms with E-state index in [2.05, 4.69) is 6.92 Å². The smallest absolute Gasteiger partial charge is 0.256 e. The molecule has 0 saturated carbocycles. The molecule has 0 spiro atoms. The number of halogens is 1. The molecule has 17 heavy (non-hydrogen) atoms. The number of hydrogen-bond acceptors (Lipinski definition) is 2. The lowest BCUT2D eigenvalue weighted by molar-refractivity contribution is 0.0684. The fourth-order valence-corrected chi connectivity index (χ4v) is 2.44. The number of likely N-dealkylation sites (tertiary alicyclic amines) is 1. The predicted molar refractivity (Wildman–Crippen MR) is 70.2 cm³/mol. The summed E-state index contributed by atoms with van der Waals surface area (Å²) >= 11 is 5.93. The molecule has 1 amide bonds. The van der Waals surface area contributed by atoms with Gasteiger partial charge in [-0.15, -0.1) is 0 Å². The van der Waals surface area contributed by atoms with Crippen LogP contribution in [0.3, 0.4) is 0 Å². The van der Waals surface area contributed by atoms with E-state index < -0.39 is 0 Å². The molecule has 0 aromatic heterocycles. The maximum atomic E-state index is 12.3. The molecular formula is C13H17ClN2O. The van der Waals surface area contributed by atoms with Gasteiger partial charge < -0.3 is 10.6 Å². The second-order valence-electron chi connectivity index (χ2n) is 4.70. The minimum atomic E-state index is -0.00319. The highest BCUT2D eigenvalue weighted by molar-refractivity contribution is 6.33. The van der Waals surface area contributed by atoms with E-state index in [1.807, 2.05) is 4.90 Å². The van der Waals surface area contributed by atoms with Crippen molar-refractivity contribution in [1.82, 2.24) is 4.90 Å². The van der Waals surface area contributed by atoms with Crippen LogP contribution in [0.25, 0.3) is 0 Å². The van der Waals surface area contributed by atoms with Crippen LogP contribution in [0.5, 0.6) is 0 Å². The second-order valence-corrected chi connectivity index (χ2v) is 5.11. The van der Waals surface area contributed by atoms with E-state index in [1.54, 1.807) is 18.2 Å². The summed E-state index contributed by atoms with van der Waals surface area (Å²) in [4.78, 5) is 14.2. The zero-order valence-corrected chi connectivity index (χ0v) is 10.7. The third kappa shape index (κ3) is 2.55. The Morgan fingerprint density at radius 3 is 3.00 bits per heavy atom. The van der Waals surface area contributed by atoms with E-state index in [9.17, 15) is 4.79 Å². The first-order valence-corrected chi connectivity index (χ1v) is 6.30. The lowest BCUT2D eigenvalue weighted by atomic mass is 9.99. The van der Waals surface area contributed by atoms with Crippen molar-refractivity contribution in [2.45, 2.75) is 19.8 Å². The van der Waals surface area contributed by atoms with Crippen LogP contribution in [0.4, 0.5) is 5.69 Å². The van der Waals surface area contributed by atoms with Crippen LogP contribution < -0.4 is 5.73 Å². The number of benzene rings is 1. The Labute approximate surface area is 107 Å². The number of rotatable bonds is 1. The number of piperidine rings is 1. The summed E-state index contributed by atoms with van der Waals surface area (Å²) in [6.07, 6.45) is 2.25. The van der Waals surface area contributed by atoms with Gasteiger partial charge in [-0.25, -0.2) is 0 Å². The van der Waals surface area contributed by atoms with Crippen LogP contribution >= 0.6 is 11.6 Å². The van der Waals surface area contributed by atoms with Gasteiger partial charge in [0.1, 0.15) is 0 Å². The first-order valence-electron chi connectivity index (χ1n) is 5.93. The standard InChI is InChI=1S/C13H17ClN2O/c1-9-4-3-7-16(8-9)13(17)10-5-2-6-11(14)12(10)15/h2,5-6,9H,3-4,7-8,15H2,1H3. The maximum absolute atomic E-state index is 12.3. The molecule has 1 unspecified atom stereocenters. The van der Waals surface area contributed by atoms with E-state index in [0.717, 1.165) is 19.5 Å². The Morgan fingerprint density at radius 1 is 1.53 bits per heavy atom. The number of nitrogen functional groups attached to an aromatic ring is 1. The fraction of sp³-hybridized carbons (Fsp3) is 0.462. The fourth-order valence-electron chi connectivity index (χ4n) is 2.27. The molecule has 1 fully saturated rings. The largest absolute Gasteiger partial charge is 0.397 e. The van der Waals surface area contributed by atoms with Gasteiger partial charge in [0.25, 0.3) is 5.91 Å². The Bertz CT molecular complexity index is 433. The van der Waals surface area contributed by atoms with Crippen LogP contribution in [-0.4, -0.2) is 23.9 Å².